The molecule has 2 amide bonds. The van der Waals surface area contributed by atoms with Gasteiger partial charge in [-0.2, -0.15) is 0 Å². The van der Waals surface area contributed by atoms with Crippen LogP contribution in [0.4, 0.5) is 11.4 Å². The second-order valence-electron chi connectivity index (χ2n) is 6.87. The number of para-hydroxylation sites is 1. The lowest BCUT2D eigenvalue weighted by Gasteiger charge is -2.24. The molecule has 0 aromatic heterocycles. The first kappa shape index (κ1) is 21.4. The first-order valence-corrected chi connectivity index (χ1v) is 10.1. The van der Waals surface area contributed by atoms with Crippen LogP contribution in [0.5, 0.6) is 5.75 Å². The number of carbonyl (C=O) groups excluding carboxylic acids is 2. The van der Waals surface area contributed by atoms with Gasteiger partial charge in [0.1, 0.15) is 5.75 Å². The lowest BCUT2D eigenvalue weighted by molar-refractivity contribution is -0.122. The van der Waals surface area contributed by atoms with Crippen molar-refractivity contribution in [3.63, 3.8) is 0 Å². The minimum absolute atomic E-state index is 0.00230. The average molecular weight is 436 g/mol. The Hall–Kier alpha value is -2.28. The van der Waals surface area contributed by atoms with Gasteiger partial charge >= 0.3 is 0 Å². The second-order valence-corrected chi connectivity index (χ2v) is 7.71. The standard InChI is InChI=1S/C21H23Cl2N3O3/c1-25(11-10-20(27)24-16-13-14(22)7-8-19(16)29-2)18-9-12-26(21(18)28)17-6-4-3-5-15(17)23/h3-8,13,18H,9-12H2,1-2H3,(H,24,27). The molecule has 1 atom stereocenters. The maximum atomic E-state index is 12.9. The van der Waals surface area contributed by atoms with Gasteiger partial charge in [0, 0.05) is 24.5 Å². The lowest BCUT2D eigenvalue weighted by atomic mass is 10.2. The summed E-state index contributed by atoms with van der Waals surface area (Å²) < 4.78 is 5.24. The summed E-state index contributed by atoms with van der Waals surface area (Å²) in [6, 6.07) is 12.1. The van der Waals surface area contributed by atoms with Crippen LogP contribution in [0, 0.1) is 0 Å². The molecule has 29 heavy (non-hydrogen) atoms. The molecule has 1 heterocycles. The predicted octanol–water partition coefficient (Wildman–Crippen LogP) is 4.07. The molecule has 1 saturated heterocycles. The number of nitrogens with zero attached hydrogens (tertiary/aromatic N) is 2. The van der Waals surface area contributed by atoms with Gasteiger partial charge in [-0.15, -0.1) is 0 Å². The highest BCUT2D eigenvalue weighted by atomic mass is 35.5. The molecule has 154 valence electrons. The number of methoxy groups -OCH3 is 1. The predicted molar refractivity (Wildman–Crippen MR) is 116 cm³/mol. The number of anilines is 2. The summed E-state index contributed by atoms with van der Waals surface area (Å²) >= 11 is 12.2. The minimum atomic E-state index is -0.278. The monoisotopic (exact) mass is 435 g/mol. The third-order valence-corrected chi connectivity index (χ3v) is 5.53. The molecule has 2 aromatic carbocycles. The van der Waals surface area contributed by atoms with E-state index in [1.807, 2.05) is 30.1 Å². The topological polar surface area (TPSA) is 61.9 Å². The van der Waals surface area contributed by atoms with Crippen molar-refractivity contribution in [2.75, 3.05) is 37.5 Å². The zero-order chi connectivity index (χ0) is 21.0. The van der Waals surface area contributed by atoms with Crippen LogP contribution in [0.15, 0.2) is 42.5 Å². The van der Waals surface area contributed by atoms with Crippen molar-refractivity contribution >= 4 is 46.4 Å². The number of benzene rings is 2. The third-order valence-electron chi connectivity index (χ3n) is 4.98. The first-order valence-electron chi connectivity index (χ1n) is 9.30. The highest BCUT2D eigenvalue weighted by Gasteiger charge is 2.35. The molecule has 2 aromatic rings. The van der Waals surface area contributed by atoms with Crippen molar-refractivity contribution in [2.45, 2.75) is 18.9 Å². The molecule has 0 saturated carbocycles. The molecule has 0 aliphatic carbocycles. The molecule has 8 heteroatoms. The van der Waals surface area contributed by atoms with Crippen LogP contribution in [0.25, 0.3) is 0 Å². The van der Waals surface area contributed by atoms with Gasteiger partial charge in [-0.05, 0) is 43.8 Å². The fourth-order valence-electron chi connectivity index (χ4n) is 3.41. The number of rotatable bonds is 7. The van der Waals surface area contributed by atoms with E-state index in [-0.39, 0.29) is 24.3 Å². The Bertz CT molecular complexity index is 906. The number of nitrogens with one attached hydrogen (secondary N) is 1. The molecule has 1 unspecified atom stereocenters. The van der Waals surface area contributed by atoms with Gasteiger partial charge in [-0.3, -0.25) is 14.5 Å². The van der Waals surface area contributed by atoms with Gasteiger partial charge in [-0.25, -0.2) is 0 Å². The highest BCUT2D eigenvalue weighted by molar-refractivity contribution is 6.34. The average Bonchev–Trinajstić information content (AvgIpc) is 3.08. The molecule has 1 N–H and O–H groups in total. The maximum absolute atomic E-state index is 12.9. The molecular weight excluding hydrogens is 413 g/mol. The Morgan fingerprint density at radius 2 is 2.03 bits per heavy atom. The lowest BCUT2D eigenvalue weighted by Crippen LogP contribution is -2.41. The van der Waals surface area contributed by atoms with Crippen molar-refractivity contribution in [3.05, 3.63) is 52.5 Å². The third kappa shape index (κ3) is 5.01. The number of halogens is 2. The van der Waals surface area contributed by atoms with E-state index < -0.39 is 0 Å². The molecule has 0 spiro atoms. The number of hydrogen-bond donors (Lipinski definition) is 1. The zero-order valence-corrected chi connectivity index (χ0v) is 17.8. The quantitative estimate of drug-likeness (QED) is 0.711. The van der Waals surface area contributed by atoms with E-state index in [1.165, 1.54) is 7.11 Å². The zero-order valence-electron chi connectivity index (χ0n) is 16.3. The van der Waals surface area contributed by atoms with Crippen LogP contribution in [0.2, 0.25) is 10.0 Å². The first-order chi connectivity index (χ1) is 13.9. The molecule has 0 bridgehead atoms. The Labute approximate surface area is 180 Å². The largest absolute Gasteiger partial charge is 0.495 e. The number of likely N-dealkylation sites (N-methyl/N-ethyl adjacent to an activating group) is 1. The van der Waals surface area contributed by atoms with Gasteiger partial charge in [0.15, 0.2) is 0 Å². The SMILES string of the molecule is COc1ccc(Cl)cc1NC(=O)CCN(C)C1CCN(c2ccccc2Cl)C1=O. The van der Waals surface area contributed by atoms with Crippen molar-refractivity contribution < 1.29 is 14.3 Å². The number of amides is 2. The number of ether oxygens (including phenoxy) is 1. The van der Waals surface area contributed by atoms with Crippen LogP contribution >= 0.6 is 23.2 Å². The molecule has 1 fully saturated rings. The van der Waals surface area contributed by atoms with E-state index in [1.54, 1.807) is 29.2 Å². The second kappa shape index (κ2) is 9.48. The van der Waals surface area contributed by atoms with Gasteiger partial charge in [0.05, 0.1) is 29.5 Å². The maximum Gasteiger partial charge on any atom is 0.244 e. The number of carbonyl (C=O) groups is 2. The highest BCUT2D eigenvalue weighted by Crippen LogP contribution is 2.30. The van der Waals surface area contributed by atoms with Crippen LogP contribution in [-0.2, 0) is 9.59 Å². The molecule has 3 rings (SSSR count). The van der Waals surface area contributed by atoms with E-state index in [2.05, 4.69) is 5.32 Å². The van der Waals surface area contributed by atoms with Crippen LogP contribution < -0.4 is 15.0 Å². The van der Waals surface area contributed by atoms with Crippen molar-refractivity contribution in [3.8, 4) is 5.75 Å². The van der Waals surface area contributed by atoms with Crippen molar-refractivity contribution in [1.82, 2.24) is 4.90 Å². The van der Waals surface area contributed by atoms with E-state index in [0.717, 1.165) is 5.69 Å². The van der Waals surface area contributed by atoms with Crippen molar-refractivity contribution in [1.29, 1.82) is 0 Å². The van der Waals surface area contributed by atoms with Gasteiger partial charge < -0.3 is 15.0 Å². The van der Waals surface area contributed by atoms with Crippen LogP contribution in [0.3, 0.4) is 0 Å². The summed E-state index contributed by atoms with van der Waals surface area (Å²) in [6.07, 6.45) is 0.923. The van der Waals surface area contributed by atoms with E-state index in [9.17, 15) is 9.59 Å². The fourth-order valence-corrected chi connectivity index (χ4v) is 3.82. The Morgan fingerprint density at radius 3 is 2.76 bits per heavy atom. The van der Waals surface area contributed by atoms with Gasteiger partial charge in [0.25, 0.3) is 0 Å². The minimum Gasteiger partial charge on any atom is -0.495 e. The molecule has 0 radical (unpaired) electrons. The molecule has 6 nitrogen and oxygen atoms in total. The number of hydrogen-bond acceptors (Lipinski definition) is 4. The van der Waals surface area contributed by atoms with Crippen LogP contribution in [-0.4, -0.2) is 50.0 Å². The van der Waals surface area contributed by atoms with Crippen molar-refractivity contribution in [2.24, 2.45) is 0 Å². The molecule has 1 aliphatic heterocycles. The van der Waals surface area contributed by atoms with E-state index >= 15 is 0 Å². The van der Waals surface area contributed by atoms with E-state index in [0.29, 0.717) is 41.0 Å². The fraction of sp³-hybridized carbons (Fsp3) is 0.333. The smallest absolute Gasteiger partial charge is 0.244 e. The summed E-state index contributed by atoms with van der Waals surface area (Å²) in [5.41, 5.74) is 1.25. The summed E-state index contributed by atoms with van der Waals surface area (Å²) in [5.74, 6) is 0.362. The summed E-state index contributed by atoms with van der Waals surface area (Å²) in [4.78, 5) is 28.8. The Kier molecular flexibility index (Phi) is 7.00. The summed E-state index contributed by atoms with van der Waals surface area (Å²) in [6.45, 7) is 1.05. The Balaban J connectivity index is 1.56. The van der Waals surface area contributed by atoms with Gasteiger partial charge in [0.2, 0.25) is 11.8 Å². The normalized spacial score (nSPS) is 16.4. The summed E-state index contributed by atoms with van der Waals surface area (Å²) in [5, 5.41) is 3.88. The van der Waals surface area contributed by atoms with E-state index in [4.69, 9.17) is 27.9 Å². The molecule has 1 aliphatic rings. The van der Waals surface area contributed by atoms with Crippen LogP contribution in [0.1, 0.15) is 12.8 Å². The summed E-state index contributed by atoms with van der Waals surface area (Å²) in [7, 11) is 3.38. The van der Waals surface area contributed by atoms with Gasteiger partial charge in [-0.1, -0.05) is 35.3 Å². The molecular formula is C21H23Cl2N3O3. The Morgan fingerprint density at radius 1 is 1.28 bits per heavy atom.